The van der Waals surface area contributed by atoms with Gasteiger partial charge in [-0.1, -0.05) is 30.3 Å². The molecule has 80 valence electrons. The Morgan fingerprint density at radius 1 is 1.40 bits per heavy atom. The van der Waals surface area contributed by atoms with Crippen LogP contribution in [0.3, 0.4) is 0 Å². The zero-order chi connectivity index (χ0) is 11.1. The topological polar surface area (TPSA) is 53.0 Å². The Kier molecular flexibility index (Phi) is 4.82. The number of hydrogen-bond acceptors (Lipinski definition) is 3. The third-order valence-corrected chi connectivity index (χ3v) is 2.38. The predicted molar refractivity (Wildman–Crippen MR) is 61.0 cm³/mol. The van der Waals surface area contributed by atoms with Crippen molar-refractivity contribution in [2.24, 2.45) is 5.73 Å². The smallest absolute Gasteiger partial charge is 0.0952 e. The lowest BCUT2D eigenvalue weighted by atomic mass is 10.2. The van der Waals surface area contributed by atoms with Crippen LogP contribution in [0.15, 0.2) is 30.3 Å². The van der Waals surface area contributed by atoms with Gasteiger partial charge in [-0.25, -0.2) is 0 Å². The van der Waals surface area contributed by atoms with Crippen LogP contribution in [0.1, 0.15) is 12.5 Å². The van der Waals surface area contributed by atoms with E-state index in [2.05, 4.69) is 23.1 Å². The summed E-state index contributed by atoms with van der Waals surface area (Å²) < 4.78 is 0. The van der Waals surface area contributed by atoms with Gasteiger partial charge in [-0.2, -0.15) is 5.26 Å². The molecule has 0 aliphatic rings. The minimum absolute atomic E-state index is 0.0891. The van der Waals surface area contributed by atoms with Gasteiger partial charge in [0.25, 0.3) is 0 Å². The molecule has 1 aromatic rings. The minimum Gasteiger partial charge on any atom is -0.329 e. The van der Waals surface area contributed by atoms with E-state index in [1.807, 2.05) is 25.1 Å². The van der Waals surface area contributed by atoms with Crippen LogP contribution in [-0.4, -0.2) is 24.0 Å². The molecule has 0 bridgehead atoms. The van der Waals surface area contributed by atoms with Crippen molar-refractivity contribution in [2.45, 2.75) is 19.5 Å². The molecule has 15 heavy (non-hydrogen) atoms. The Labute approximate surface area is 91.1 Å². The van der Waals surface area contributed by atoms with Gasteiger partial charge in [0.1, 0.15) is 0 Å². The van der Waals surface area contributed by atoms with Crippen LogP contribution in [0.2, 0.25) is 0 Å². The molecule has 1 unspecified atom stereocenters. The SMILES string of the molecule is CC(C#N)N(CCN)Cc1ccccc1. The summed E-state index contributed by atoms with van der Waals surface area (Å²) in [5.41, 5.74) is 6.74. The van der Waals surface area contributed by atoms with Gasteiger partial charge in [0, 0.05) is 19.6 Å². The maximum Gasteiger partial charge on any atom is 0.0952 e. The number of nitrogens with zero attached hydrogens (tertiary/aromatic N) is 2. The van der Waals surface area contributed by atoms with Crippen LogP contribution >= 0.6 is 0 Å². The van der Waals surface area contributed by atoms with Crippen LogP contribution in [0.5, 0.6) is 0 Å². The average Bonchev–Trinajstić information content (AvgIpc) is 2.29. The van der Waals surface area contributed by atoms with Gasteiger partial charge in [0.05, 0.1) is 12.1 Å². The lowest BCUT2D eigenvalue weighted by Gasteiger charge is -2.23. The fourth-order valence-corrected chi connectivity index (χ4v) is 1.48. The predicted octanol–water partition coefficient (Wildman–Crippen LogP) is 1.36. The highest BCUT2D eigenvalue weighted by Crippen LogP contribution is 2.06. The van der Waals surface area contributed by atoms with Crippen LogP contribution in [0, 0.1) is 11.3 Å². The van der Waals surface area contributed by atoms with E-state index in [9.17, 15) is 0 Å². The molecule has 1 rings (SSSR count). The Morgan fingerprint density at radius 2 is 2.07 bits per heavy atom. The monoisotopic (exact) mass is 203 g/mol. The molecular weight excluding hydrogens is 186 g/mol. The van der Waals surface area contributed by atoms with Crippen molar-refractivity contribution in [3.8, 4) is 6.07 Å². The summed E-state index contributed by atoms with van der Waals surface area (Å²) in [4.78, 5) is 2.08. The summed E-state index contributed by atoms with van der Waals surface area (Å²) in [7, 11) is 0. The molecule has 0 fully saturated rings. The molecule has 0 radical (unpaired) electrons. The van der Waals surface area contributed by atoms with Crippen LogP contribution < -0.4 is 5.73 Å². The third-order valence-electron chi connectivity index (χ3n) is 2.38. The van der Waals surface area contributed by atoms with Crippen molar-refractivity contribution in [2.75, 3.05) is 13.1 Å². The van der Waals surface area contributed by atoms with Gasteiger partial charge in [-0.15, -0.1) is 0 Å². The average molecular weight is 203 g/mol. The van der Waals surface area contributed by atoms with Crippen molar-refractivity contribution in [1.29, 1.82) is 5.26 Å². The van der Waals surface area contributed by atoms with Gasteiger partial charge in [-0.05, 0) is 12.5 Å². The lowest BCUT2D eigenvalue weighted by molar-refractivity contribution is 0.244. The van der Waals surface area contributed by atoms with E-state index in [4.69, 9.17) is 11.0 Å². The van der Waals surface area contributed by atoms with Crippen molar-refractivity contribution in [3.63, 3.8) is 0 Å². The second-order valence-corrected chi connectivity index (χ2v) is 3.55. The van der Waals surface area contributed by atoms with E-state index in [1.165, 1.54) is 5.56 Å². The minimum atomic E-state index is -0.0891. The fourth-order valence-electron chi connectivity index (χ4n) is 1.48. The summed E-state index contributed by atoms with van der Waals surface area (Å²) in [6, 6.07) is 12.3. The molecule has 0 aromatic heterocycles. The van der Waals surface area contributed by atoms with E-state index < -0.39 is 0 Å². The quantitative estimate of drug-likeness (QED) is 0.786. The van der Waals surface area contributed by atoms with Crippen LogP contribution in [0.25, 0.3) is 0 Å². The second-order valence-electron chi connectivity index (χ2n) is 3.55. The van der Waals surface area contributed by atoms with Gasteiger partial charge >= 0.3 is 0 Å². The van der Waals surface area contributed by atoms with Crippen molar-refractivity contribution in [3.05, 3.63) is 35.9 Å². The first-order valence-electron chi connectivity index (χ1n) is 5.15. The van der Waals surface area contributed by atoms with Crippen molar-refractivity contribution in [1.82, 2.24) is 4.90 Å². The number of benzene rings is 1. The Morgan fingerprint density at radius 3 is 2.60 bits per heavy atom. The molecule has 0 aliphatic carbocycles. The zero-order valence-electron chi connectivity index (χ0n) is 9.06. The summed E-state index contributed by atoms with van der Waals surface area (Å²) in [6.45, 7) is 4.02. The molecular formula is C12H17N3. The zero-order valence-corrected chi connectivity index (χ0v) is 9.06. The molecule has 0 spiro atoms. The van der Waals surface area contributed by atoms with Gasteiger partial charge in [0.2, 0.25) is 0 Å². The third kappa shape index (κ3) is 3.70. The summed E-state index contributed by atoms with van der Waals surface area (Å²) >= 11 is 0. The highest BCUT2D eigenvalue weighted by atomic mass is 15.1. The van der Waals surface area contributed by atoms with E-state index in [0.717, 1.165) is 13.1 Å². The molecule has 3 heteroatoms. The maximum absolute atomic E-state index is 8.88. The maximum atomic E-state index is 8.88. The van der Waals surface area contributed by atoms with E-state index in [1.54, 1.807) is 0 Å². The molecule has 2 N–H and O–H groups in total. The van der Waals surface area contributed by atoms with E-state index in [-0.39, 0.29) is 6.04 Å². The largest absolute Gasteiger partial charge is 0.329 e. The first-order chi connectivity index (χ1) is 7.27. The molecule has 0 amide bonds. The Balaban J connectivity index is 2.63. The Bertz CT molecular complexity index is 315. The highest BCUT2D eigenvalue weighted by molar-refractivity contribution is 5.14. The number of hydrogen-bond donors (Lipinski definition) is 1. The van der Waals surface area contributed by atoms with Gasteiger partial charge in [-0.3, -0.25) is 4.90 Å². The first kappa shape index (κ1) is 11.7. The first-order valence-corrected chi connectivity index (χ1v) is 5.15. The standard InChI is InChI=1S/C12H17N3/c1-11(9-14)15(8-7-13)10-12-5-3-2-4-6-12/h2-6,11H,7-8,10,13H2,1H3. The highest BCUT2D eigenvalue weighted by Gasteiger charge is 2.11. The summed E-state index contributed by atoms with van der Waals surface area (Å²) in [6.07, 6.45) is 0. The van der Waals surface area contributed by atoms with Crippen LogP contribution in [0.4, 0.5) is 0 Å². The van der Waals surface area contributed by atoms with Crippen molar-refractivity contribution >= 4 is 0 Å². The second kappa shape index (κ2) is 6.18. The van der Waals surface area contributed by atoms with E-state index >= 15 is 0 Å². The Hall–Kier alpha value is -1.37. The van der Waals surface area contributed by atoms with E-state index in [0.29, 0.717) is 6.54 Å². The molecule has 0 saturated carbocycles. The molecule has 0 saturated heterocycles. The number of nitriles is 1. The summed E-state index contributed by atoms with van der Waals surface area (Å²) in [5.74, 6) is 0. The normalized spacial score (nSPS) is 12.4. The molecule has 1 aromatic carbocycles. The molecule has 3 nitrogen and oxygen atoms in total. The van der Waals surface area contributed by atoms with Crippen LogP contribution in [-0.2, 0) is 6.54 Å². The molecule has 0 heterocycles. The number of nitrogens with two attached hydrogens (primary N) is 1. The van der Waals surface area contributed by atoms with Gasteiger partial charge < -0.3 is 5.73 Å². The lowest BCUT2D eigenvalue weighted by Crippen LogP contribution is -2.35. The fraction of sp³-hybridized carbons (Fsp3) is 0.417. The van der Waals surface area contributed by atoms with Gasteiger partial charge in [0.15, 0.2) is 0 Å². The molecule has 0 aliphatic heterocycles. The summed E-state index contributed by atoms with van der Waals surface area (Å²) in [5, 5.41) is 8.88. The van der Waals surface area contributed by atoms with Crippen molar-refractivity contribution < 1.29 is 0 Å². The molecule has 1 atom stereocenters. The number of rotatable bonds is 5.